The summed E-state index contributed by atoms with van der Waals surface area (Å²) in [6.45, 7) is 5.65. The van der Waals surface area contributed by atoms with Gasteiger partial charge in [0.05, 0.1) is 4.88 Å². The number of hydrogen-bond donors (Lipinski definition) is 2. The molecule has 1 aliphatic rings. The molecule has 2 aromatic carbocycles. The van der Waals surface area contributed by atoms with E-state index in [2.05, 4.69) is 55.5 Å². The van der Waals surface area contributed by atoms with Crippen molar-refractivity contribution in [3.63, 3.8) is 0 Å². The van der Waals surface area contributed by atoms with Crippen LogP contribution in [0.4, 0.5) is 0 Å². The van der Waals surface area contributed by atoms with Crippen LogP contribution in [-0.4, -0.2) is 36.6 Å². The summed E-state index contributed by atoms with van der Waals surface area (Å²) in [5.74, 6) is 0.624. The van der Waals surface area contributed by atoms with Crippen molar-refractivity contribution in [2.75, 3.05) is 20.6 Å². The molecule has 0 spiro atoms. The summed E-state index contributed by atoms with van der Waals surface area (Å²) in [6.07, 6.45) is 0. The minimum Gasteiger partial charge on any atom is -0.507 e. The van der Waals surface area contributed by atoms with Gasteiger partial charge in [-0.15, -0.1) is 11.3 Å². The van der Waals surface area contributed by atoms with Crippen molar-refractivity contribution in [2.45, 2.75) is 26.3 Å². The highest BCUT2D eigenvalue weighted by molar-refractivity contribution is 7.12. The molecule has 5 heteroatoms. The number of fused-ring (bicyclic) bond motifs is 3. The van der Waals surface area contributed by atoms with Crippen molar-refractivity contribution >= 4 is 17.2 Å². The molecular weight excluding hydrogens is 380 g/mol. The third-order valence-corrected chi connectivity index (χ3v) is 6.52. The van der Waals surface area contributed by atoms with E-state index < -0.39 is 0 Å². The molecule has 2 N–H and O–H groups in total. The fourth-order valence-corrected chi connectivity index (χ4v) is 5.04. The van der Waals surface area contributed by atoms with Crippen molar-refractivity contribution in [1.29, 1.82) is 0 Å². The highest BCUT2D eigenvalue weighted by Crippen LogP contribution is 2.46. The smallest absolute Gasteiger partial charge is 0.262 e. The van der Waals surface area contributed by atoms with Crippen LogP contribution in [0.15, 0.2) is 41.8 Å². The topological polar surface area (TPSA) is 52.6 Å². The minimum absolute atomic E-state index is 0.0519. The molecule has 2 heterocycles. The Labute approximate surface area is 175 Å². The van der Waals surface area contributed by atoms with Gasteiger partial charge in [0.15, 0.2) is 0 Å². The molecule has 0 saturated heterocycles. The summed E-state index contributed by atoms with van der Waals surface area (Å²) in [5.41, 5.74) is 6.95. The summed E-state index contributed by atoms with van der Waals surface area (Å²) in [4.78, 5) is 15.4. The van der Waals surface area contributed by atoms with E-state index in [0.717, 1.165) is 39.9 Å². The first-order valence-electron chi connectivity index (χ1n) is 9.83. The molecule has 1 aromatic heterocycles. The summed E-state index contributed by atoms with van der Waals surface area (Å²) in [7, 11) is 4.16. The monoisotopic (exact) mass is 406 g/mol. The zero-order valence-corrected chi connectivity index (χ0v) is 18.1. The second kappa shape index (κ2) is 7.65. The standard InChI is InChI=1S/C24H26N2O2S/c1-14-11-20(27)21(17-7-5-16(6-8-17)15(2)13-26(3)4)22-18-9-10-29-23(18)24(28)25-12-19(14)22/h5-11,15,27H,12-13H2,1-4H3,(H,25,28). The maximum Gasteiger partial charge on any atom is 0.262 e. The zero-order valence-electron chi connectivity index (χ0n) is 17.2. The Morgan fingerprint density at radius 1 is 1.17 bits per heavy atom. The normalized spacial score (nSPS) is 14.2. The van der Waals surface area contributed by atoms with Crippen LogP contribution >= 0.6 is 11.3 Å². The molecule has 0 radical (unpaired) electrons. The molecule has 150 valence electrons. The van der Waals surface area contributed by atoms with Gasteiger partial charge >= 0.3 is 0 Å². The van der Waals surface area contributed by atoms with Crippen LogP contribution in [0.3, 0.4) is 0 Å². The number of rotatable bonds is 4. The first-order chi connectivity index (χ1) is 13.9. The zero-order chi connectivity index (χ0) is 20.7. The molecular formula is C24H26N2O2S. The fourth-order valence-electron chi connectivity index (χ4n) is 4.22. The Hall–Kier alpha value is -2.63. The Kier molecular flexibility index (Phi) is 5.19. The van der Waals surface area contributed by atoms with Gasteiger partial charge in [-0.2, -0.15) is 0 Å². The molecule has 3 aromatic rings. The van der Waals surface area contributed by atoms with E-state index in [1.54, 1.807) is 6.07 Å². The maximum absolute atomic E-state index is 12.5. The Bertz CT molecular complexity index is 1070. The third-order valence-electron chi connectivity index (χ3n) is 5.61. The number of benzene rings is 2. The van der Waals surface area contributed by atoms with Crippen molar-refractivity contribution in [2.24, 2.45) is 0 Å². The van der Waals surface area contributed by atoms with Crippen LogP contribution in [0.25, 0.3) is 22.3 Å². The van der Waals surface area contributed by atoms with Crippen LogP contribution in [0, 0.1) is 6.92 Å². The van der Waals surface area contributed by atoms with Crippen LogP contribution in [0.1, 0.15) is 39.2 Å². The van der Waals surface area contributed by atoms with Gasteiger partial charge in [-0.3, -0.25) is 4.79 Å². The quantitative estimate of drug-likeness (QED) is 0.641. The average Bonchev–Trinajstić information content (AvgIpc) is 3.11. The summed E-state index contributed by atoms with van der Waals surface area (Å²) < 4.78 is 0. The SMILES string of the molecule is Cc1cc(O)c(-c2ccc(C(C)CN(C)C)cc2)c2c1CNC(=O)c1sccc1-2. The molecule has 1 aliphatic heterocycles. The van der Waals surface area contributed by atoms with E-state index in [0.29, 0.717) is 17.3 Å². The lowest BCUT2D eigenvalue weighted by Crippen LogP contribution is -2.20. The van der Waals surface area contributed by atoms with Gasteiger partial charge < -0.3 is 15.3 Å². The van der Waals surface area contributed by atoms with E-state index in [9.17, 15) is 9.90 Å². The number of carbonyl (C=O) groups excluding carboxylic acids is 1. The van der Waals surface area contributed by atoms with Gasteiger partial charge in [0.2, 0.25) is 0 Å². The summed E-state index contributed by atoms with van der Waals surface area (Å²) in [5, 5.41) is 15.9. The second-order valence-electron chi connectivity index (χ2n) is 8.07. The number of nitrogens with one attached hydrogen (secondary N) is 1. The Morgan fingerprint density at radius 3 is 2.59 bits per heavy atom. The highest BCUT2D eigenvalue weighted by atomic mass is 32.1. The number of nitrogens with zero attached hydrogens (tertiary/aromatic N) is 1. The predicted molar refractivity (Wildman–Crippen MR) is 120 cm³/mol. The number of hydrogen-bond acceptors (Lipinski definition) is 4. The van der Waals surface area contributed by atoms with Crippen molar-refractivity contribution in [1.82, 2.24) is 10.2 Å². The van der Waals surface area contributed by atoms with Gasteiger partial charge in [0.1, 0.15) is 5.75 Å². The van der Waals surface area contributed by atoms with E-state index in [-0.39, 0.29) is 11.7 Å². The second-order valence-corrected chi connectivity index (χ2v) is 8.99. The molecule has 0 bridgehead atoms. The lowest BCUT2D eigenvalue weighted by Gasteiger charge is -2.19. The minimum atomic E-state index is -0.0519. The number of aryl methyl sites for hydroxylation is 1. The van der Waals surface area contributed by atoms with Crippen LogP contribution < -0.4 is 5.32 Å². The van der Waals surface area contributed by atoms with Crippen molar-refractivity contribution < 1.29 is 9.90 Å². The molecule has 29 heavy (non-hydrogen) atoms. The van der Waals surface area contributed by atoms with Crippen LogP contribution in [0.5, 0.6) is 5.75 Å². The number of phenols is 1. The van der Waals surface area contributed by atoms with Gasteiger partial charge in [0, 0.05) is 29.8 Å². The van der Waals surface area contributed by atoms with Crippen molar-refractivity contribution in [3.8, 4) is 28.0 Å². The highest BCUT2D eigenvalue weighted by Gasteiger charge is 2.27. The Balaban J connectivity index is 1.87. The number of thiophene rings is 1. The average molecular weight is 407 g/mol. The third kappa shape index (κ3) is 3.56. The van der Waals surface area contributed by atoms with E-state index in [4.69, 9.17) is 0 Å². The maximum atomic E-state index is 12.5. The first-order valence-corrected chi connectivity index (χ1v) is 10.7. The van der Waals surface area contributed by atoms with Gasteiger partial charge in [-0.25, -0.2) is 0 Å². The lowest BCUT2D eigenvalue weighted by atomic mass is 9.87. The molecule has 1 amide bonds. The fraction of sp³-hybridized carbons (Fsp3) is 0.292. The molecule has 0 fully saturated rings. The first kappa shape index (κ1) is 19.7. The Morgan fingerprint density at radius 2 is 1.90 bits per heavy atom. The summed E-state index contributed by atoms with van der Waals surface area (Å²) >= 11 is 1.44. The number of carbonyl (C=O) groups is 1. The number of amides is 1. The lowest BCUT2D eigenvalue weighted by molar-refractivity contribution is 0.0956. The summed E-state index contributed by atoms with van der Waals surface area (Å²) in [6, 6.07) is 12.2. The molecule has 1 unspecified atom stereocenters. The molecule has 1 atom stereocenters. The van der Waals surface area contributed by atoms with E-state index in [1.165, 1.54) is 16.9 Å². The predicted octanol–water partition coefficient (Wildman–Crippen LogP) is 5.00. The van der Waals surface area contributed by atoms with Gasteiger partial charge in [-0.1, -0.05) is 31.2 Å². The van der Waals surface area contributed by atoms with Crippen molar-refractivity contribution in [3.05, 3.63) is 63.3 Å². The van der Waals surface area contributed by atoms with E-state index in [1.807, 2.05) is 18.4 Å². The number of likely N-dealkylation sites (N-methyl/N-ethyl adjacent to an activating group) is 1. The van der Waals surface area contributed by atoms with E-state index >= 15 is 0 Å². The molecule has 0 saturated carbocycles. The number of aromatic hydroxyl groups is 1. The van der Waals surface area contributed by atoms with Gasteiger partial charge in [0.25, 0.3) is 5.91 Å². The van der Waals surface area contributed by atoms with Crippen LogP contribution in [-0.2, 0) is 6.54 Å². The van der Waals surface area contributed by atoms with Gasteiger partial charge in [-0.05, 0) is 66.7 Å². The molecule has 4 rings (SSSR count). The molecule has 4 nitrogen and oxygen atoms in total. The molecule has 0 aliphatic carbocycles. The number of phenolic OH excluding ortho intramolecular Hbond substituents is 1. The largest absolute Gasteiger partial charge is 0.507 e. The van der Waals surface area contributed by atoms with Crippen LogP contribution in [0.2, 0.25) is 0 Å².